The summed E-state index contributed by atoms with van der Waals surface area (Å²) in [6, 6.07) is 11.4. The Bertz CT molecular complexity index is 1320. The standard InChI is InChI=1S/C21H17ClN4O2/c1-11-3-6-16-13(9-11)18(22)17(21(27)28-16)20-25-14-5-4-12(10-15(14)26-20)19-23-7-2-8-24-19/h3-6,9-10H,2,7-8H2,1H3,(H,23,24)(H,25,26). The third-order valence-electron chi connectivity index (χ3n) is 4.89. The van der Waals surface area contributed by atoms with E-state index >= 15 is 0 Å². The largest absolute Gasteiger partial charge is 0.422 e. The Morgan fingerprint density at radius 3 is 2.89 bits per heavy atom. The zero-order chi connectivity index (χ0) is 19.3. The van der Waals surface area contributed by atoms with Crippen molar-refractivity contribution in [1.29, 1.82) is 0 Å². The second-order valence-electron chi connectivity index (χ2n) is 6.91. The fraction of sp³-hybridized carbons (Fsp3) is 0.190. The molecule has 0 amide bonds. The maximum Gasteiger partial charge on any atom is 0.348 e. The molecule has 4 aromatic rings. The Balaban J connectivity index is 1.67. The van der Waals surface area contributed by atoms with Crippen molar-refractivity contribution < 1.29 is 4.42 Å². The minimum Gasteiger partial charge on any atom is -0.422 e. The van der Waals surface area contributed by atoms with Crippen LogP contribution in [-0.4, -0.2) is 28.9 Å². The van der Waals surface area contributed by atoms with E-state index in [-0.39, 0.29) is 5.56 Å². The molecule has 7 heteroatoms. The van der Waals surface area contributed by atoms with Crippen LogP contribution < -0.4 is 10.9 Å². The summed E-state index contributed by atoms with van der Waals surface area (Å²) < 4.78 is 5.47. The predicted molar refractivity (Wildman–Crippen MR) is 111 cm³/mol. The van der Waals surface area contributed by atoms with Crippen molar-refractivity contribution in [3.8, 4) is 11.4 Å². The summed E-state index contributed by atoms with van der Waals surface area (Å²) >= 11 is 6.58. The zero-order valence-electron chi connectivity index (χ0n) is 15.2. The summed E-state index contributed by atoms with van der Waals surface area (Å²) in [6.45, 7) is 3.70. The lowest BCUT2D eigenvalue weighted by Gasteiger charge is -2.14. The fourth-order valence-corrected chi connectivity index (χ4v) is 3.80. The average Bonchev–Trinajstić information content (AvgIpc) is 3.12. The number of aromatic amines is 1. The Labute approximate surface area is 165 Å². The molecule has 1 aliphatic heterocycles. The van der Waals surface area contributed by atoms with Gasteiger partial charge in [0.15, 0.2) is 0 Å². The van der Waals surface area contributed by atoms with Gasteiger partial charge in [-0.3, -0.25) is 4.99 Å². The monoisotopic (exact) mass is 392 g/mol. The van der Waals surface area contributed by atoms with Gasteiger partial charge in [0, 0.05) is 24.0 Å². The van der Waals surface area contributed by atoms with Gasteiger partial charge in [-0.05, 0) is 43.7 Å². The first kappa shape index (κ1) is 17.0. The Kier molecular flexibility index (Phi) is 3.94. The van der Waals surface area contributed by atoms with E-state index in [2.05, 4.69) is 20.3 Å². The smallest absolute Gasteiger partial charge is 0.348 e. The lowest BCUT2D eigenvalue weighted by atomic mass is 10.1. The lowest BCUT2D eigenvalue weighted by Crippen LogP contribution is -2.30. The summed E-state index contributed by atoms with van der Waals surface area (Å²) in [6.07, 6.45) is 1.04. The van der Waals surface area contributed by atoms with E-state index in [1.165, 1.54) is 0 Å². The Morgan fingerprint density at radius 2 is 2.07 bits per heavy atom. The number of aliphatic imine (C=N–C) groups is 1. The molecule has 0 bridgehead atoms. The number of nitrogens with one attached hydrogen (secondary N) is 2. The number of hydrogen-bond donors (Lipinski definition) is 2. The van der Waals surface area contributed by atoms with Gasteiger partial charge in [-0.25, -0.2) is 9.78 Å². The van der Waals surface area contributed by atoms with E-state index < -0.39 is 5.63 Å². The molecule has 0 aliphatic carbocycles. The molecule has 2 N–H and O–H groups in total. The van der Waals surface area contributed by atoms with Crippen molar-refractivity contribution in [3.63, 3.8) is 0 Å². The second kappa shape index (κ2) is 6.49. The molecule has 0 spiro atoms. The number of nitrogens with zero attached hydrogens (tertiary/aromatic N) is 2. The minimum absolute atomic E-state index is 0.241. The molecule has 0 radical (unpaired) electrons. The van der Waals surface area contributed by atoms with Crippen molar-refractivity contribution >= 4 is 39.4 Å². The number of aryl methyl sites for hydroxylation is 1. The highest BCUT2D eigenvalue weighted by Gasteiger charge is 2.19. The van der Waals surface area contributed by atoms with Gasteiger partial charge in [0.1, 0.15) is 22.8 Å². The number of fused-ring (bicyclic) bond motifs is 2. The number of aromatic nitrogens is 2. The maximum absolute atomic E-state index is 12.6. The third kappa shape index (κ3) is 2.77. The van der Waals surface area contributed by atoms with Crippen LogP contribution in [0.25, 0.3) is 33.4 Å². The highest BCUT2D eigenvalue weighted by Crippen LogP contribution is 2.32. The molecular weight excluding hydrogens is 376 g/mol. The first-order chi connectivity index (χ1) is 13.6. The summed E-state index contributed by atoms with van der Waals surface area (Å²) in [5, 5.41) is 4.34. The van der Waals surface area contributed by atoms with E-state index in [9.17, 15) is 4.79 Å². The van der Waals surface area contributed by atoms with E-state index in [0.717, 1.165) is 47.5 Å². The molecule has 5 rings (SSSR count). The first-order valence-electron chi connectivity index (χ1n) is 9.12. The van der Waals surface area contributed by atoms with Crippen LogP contribution in [-0.2, 0) is 0 Å². The highest BCUT2D eigenvalue weighted by molar-refractivity contribution is 6.37. The van der Waals surface area contributed by atoms with Crippen LogP contribution in [0.4, 0.5) is 0 Å². The number of rotatable bonds is 2. The van der Waals surface area contributed by atoms with Crippen molar-refractivity contribution in [2.75, 3.05) is 13.1 Å². The number of amidine groups is 1. The van der Waals surface area contributed by atoms with E-state index in [4.69, 9.17) is 16.0 Å². The molecule has 0 saturated heterocycles. The number of H-pyrrole nitrogens is 1. The van der Waals surface area contributed by atoms with Crippen molar-refractivity contribution in [3.05, 3.63) is 63.0 Å². The molecule has 28 heavy (non-hydrogen) atoms. The summed E-state index contributed by atoms with van der Waals surface area (Å²) in [5.74, 6) is 1.27. The van der Waals surface area contributed by atoms with Gasteiger partial charge in [-0.2, -0.15) is 0 Å². The summed E-state index contributed by atoms with van der Waals surface area (Å²) in [7, 11) is 0. The molecule has 140 valence electrons. The molecule has 0 unspecified atom stereocenters. The van der Waals surface area contributed by atoms with Gasteiger partial charge >= 0.3 is 5.63 Å². The Morgan fingerprint density at radius 1 is 1.18 bits per heavy atom. The van der Waals surface area contributed by atoms with Crippen LogP contribution in [0.1, 0.15) is 17.5 Å². The molecule has 6 nitrogen and oxygen atoms in total. The first-order valence-corrected chi connectivity index (χ1v) is 9.50. The predicted octanol–water partition coefficient (Wildman–Crippen LogP) is 4.04. The van der Waals surface area contributed by atoms with Gasteiger partial charge in [-0.15, -0.1) is 0 Å². The van der Waals surface area contributed by atoms with Gasteiger partial charge < -0.3 is 14.7 Å². The third-order valence-corrected chi connectivity index (χ3v) is 5.28. The van der Waals surface area contributed by atoms with Gasteiger partial charge in [-0.1, -0.05) is 23.2 Å². The molecule has 3 heterocycles. The normalized spacial score (nSPS) is 14.3. The van der Waals surface area contributed by atoms with Crippen molar-refractivity contribution in [1.82, 2.24) is 15.3 Å². The van der Waals surface area contributed by atoms with Gasteiger partial charge in [0.05, 0.1) is 16.1 Å². The molecule has 0 atom stereocenters. The Hall–Kier alpha value is -3.12. The van der Waals surface area contributed by atoms with Crippen LogP contribution in [0.5, 0.6) is 0 Å². The molecule has 0 saturated carbocycles. The number of imidazole rings is 1. The van der Waals surface area contributed by atoms with E-state index in [0.29, 0.717) is 21.8 Å². The lowest BCUT2D eigenvalue weighted by molar-refractivity contribution is 0.563. The van der Waals surface area contributed by atoms with Gasteiger partial charge in [0.2, 0.25) is 0 Å². The summed E-state index contributed by atoms with van der Waals surface area (Å²) in [4.78, 5) is 24.9. The second-order valence-corrected chi connectivity index (χ2v) is 7.28. The van der Waals surface area contributed by atoms with Crippen LogP contribution in [0.2, 0.25) is 5.02 Å². The number of benzene rings is 2. The molecule has 0 fully saturated rings. The molecule has 2 aromatic carbocycles. The fourth-order valence-electron chi connectivity index (χ4n) is 3.48. The maximum atomic E-state index is 12.6. The SMILES string of the molecule is Cc1ccc2oc(=O)c(-c3nc4ccc(C5=NCCCN5)cc4[nH]3)c(Cl)c2c1. The van der Waals surface area contributed by atoms with Crippen LogP contribution in [0, 0.1) is 6.92 Å². The van der Waals surface area contributed by atoms with Gasteiger partial charge in [0.25, 0.3) is 0 Å². The summed E-state index contributed by atoms with van der Waals surface area (Å²) in [5.41, 5.74) is 3.75. The zero-order valence-corrected chi connectivity index (χ0v) is 15.9. The van der Waals surface area contributed by atoms with Crippen molar-refractivity contribution in [2.24, 2.45) is 4.99 Å². The quantitative estimate of drug-likeness (QED) is 0.504. The minimum atomic E-state index is -0.515. The molecular formula is C21H17ClN4O2. The highest BCUT2D eigenvalue weighted by atomic mass is 35.5. The topological polar surface area (TPSA) is 83.3 Å². The van der Waals surface area contributed by atoms with Crippen LogP contribution >= 0.6 is 11.6 Å². The average molecular weight is 393 g/mol. The van der Waals surface area contributed by atoms with Crippen molar-refractivity contribution in [2.45, 2.75) is 13.3 Å². The van der Waals surface area contributed by atoms with E-state index in [1.807, 2.05) is 37.3 Å². The molecule has 2 aromatic heterocycles. The number of halogens is 1. The molecule has 1 aliphatic rings. The van der Waals surface area contributed by atoms with Crippen LogP contribution in [0.15, 0.2) is 50.6 Å². The number of hydrogen-bond acceptors (Lipinski definition) is 5. The van der Waals surface area contributed by atoms with Crippen LogP contribution in [0.3, 0.4) is 0 Å². The van der Waals surface area contributed by atoms with E-state index in [1.54, 1.807) is 6.07 Å².